The molecule has 1 fully saturated rings. The van der Waals surface area contributed by atoms with Crippen LogP contribution in [0.3, 0.4) is 0 Å². The Kier molecular flexibility index (Phi) is 1.92. The summed E-state index contributed by atoms with van der Waals surface area (Å²) in [5.74, 6) is -0.0852. The SMILES string of the molecule is CC(C)C(=O)N[C@H]1C[C@H]1F. The lowest BCUT2D eigenvalue weighted by molar-refractivity contribution is -0.124. The van der Waals surface area contributed by atoms with E-state index in [-0.39, 0.29) is 17.9 Å². The maximum absolute atomic E-state index is 12.2. The van der Waals surface area contributed by atoms with Crippen molar-refractivity contribution in [3.63, 3.8) is 0 Å². The summed E-state index contributed by atoms with van der Waals surface area (Å²) < 4.78 is 12.2. The Morgan fingerprint density at radius 3 is 2.50 bits per heavy atom. The number of hydrogen-bond acceptors (Lipinski definition) is 1. The number of carbonyl (C=O) groups is 1. The fraction of sp³-hybridized carbons (Fsp3) is 0.857. The predicted molar refractivity (Wildman–Crippen MR) is 36.3 cm³/mol. The van der Waals surface area contributed by atoms with Gasteiger partial charge in [-0.1, -0.05) is 13.8 Å². The molecule has 0 aromatic heterocycles. The van der Waals surface area contributed by atoms with Crippen molar-refractivity contribution in [2.24, 2.45) is 5.92 Å². The highest BCUT2D eigenvalue weighted by Gasteiger charge is 2.38. The van der Waals surface area contributed by atoms with Gasteiger partial charge in [0.15, 0.2) is 0 Å². The molecule has 58 valence electrons. The van der Waals surface area contributed by atoms with Crippen molar-refractivity contribution < 1.29 is 9.18 Å². The molecule has 2 atom stereocenters. The van der Waals surface area contributed by atoms with Gasteiger partial charge in [-0.15, -0.1) is 0 Å². The molecule has 0 bridgehead atoms. The first-order valence-corrected chi connectivity index (χ1v) is 3.55. The van der Waals surface area contributed by atoms with Crippen LogP contribution in [-0.2, 0) is 4.79 Å². The third kappa shape index (κ3) is 1.69. The van der Waals surface area contributed by atoms with Gasteiger partial charge in [-0.25, -0.2) is 4.39 Å². The van der Waals surface area contributed by atoms with Gasteiger partial charge in [0.2, 0.25) is 5.91 Å². The van der Waals surface area contributed by atoms with E-state index in [1.807, 2.05) is 0 Å². The van der Waals surface area contributed by atoms with E-state index in [4.69, 9.17) is 0 Å². The van der Waals surface area contributed by atoms with Crippen molar-refractivity contribution in [1.82, 2.24) is 5.32 Å². The van der Waals surface area contributed by atoms with Gasteiger partial charge >= 0.3 is 0 Å². The molecular formula is C7H12FNO. The highest BCUT2D eigenvalue weighted by atomic mass is 19.1. The van der Waals surface area contributed by atoms with E-state index < -0.39 is 6.17 Å². The highest BCUT2D eigenvalue weighted by Crippen LogP contribution is 2.24. The van der Waals surface area contributed by atoms with Gasteiger partial charge in [0, 0.05) is 12.3 Å². The predicted octanol–water partition coefficient (Wildman–Crippen LogP) is 0.869. The number of carbonyl (C=O) groups excluding carboxylic acids is 1. The highest BCUT2D eigenvalue weighted by molar-refractivity contribution is 5.78. The largest absolute Gasteiger partial charge is 0.350 e. The summed E-state index contributed by atoms with van der Waals surface area (Å²) in [6.45, 7) is 3.59. The molecule has 1 rings (SSSR count). The number of rotatable bonds is 2. The van der Waals surface area contributed by atoms with Crippen LogP contribution in [0.2, 0.25) is 0 Å². The molecule has 0 radical (unpaired) electrons. The van der Waals surface area contributed by atoms with E-state index in [0.717, 1.165) is 0 Å². The smallest absolute Gasteiger partial charge is 0.222 e. The molecule has 1 amide bonds. The molecule has 1 aliphatic rings. The van der Waals surface area contributed by atoms with Crippen molar-refractivity contribution in [2.75, 3.05) is 0 Å². The zero-order valence-corrected chi connectivity index (χ0v) is 6.23. The summed E-state index contributed by atoms with van der Waals surface area (Å²) in [6, 6.07) is -0.185. The third-order valence-corrected chi connectivity index (χ3v) is 1.56. The van der Waals surface area contributed by atoms with Crippen LogP contribution in [0.5, 0.6) is 0 Å². The Balaban J connectivity index is 2.20. The summed E-state index contributed by atoms with van der Waals surface area (Å²) in [6.07, 6.45) is -0.291. The van der Waals surface area contributed by atoms with Crippen LogP contribution in [-0.4, -0.2) is 18.1 Å². The van der Waals surface area contributed by atoms with Crippen LogP contribution >= 0.6 is 0 Å². The van der Waals surface area contributed by atoms with Gasteiger partial charge in [-0.05, 0) is 0 Å². The van der Waals surface area contributed by atoms with Crippen molar-refractivity contribution >= 4 is 5.91 Å². The van der Waals surface area contributed by atoms with E-state index in [2.05, 4.69) is 5.32 Å². The van der Waals surface area contributed by atoms with Gasteiger partial charge in [0.05, 0.1) is 6.04 Å². The molecular weight excluding hydrogens is 133 g/mol. The maximum Gasteiger partial charge on any atom is 0.222 e. The Morgan fingerprint density at radius 2 is 2.20 bits per heavy atom. The molecule has 0 unspecified atom stereocenters. The lowest BCUT2D eigenvalue weighted by Crippen LogP contribution is -2.30. The minimum absolute atomic E-state index is 0.0344. The number of alkyl halides is 1. The van der Waals surface area contributed by atoms with Crippen molar-refractivity contribution in [3.05, 3.63) is 0 Å². The van der Waals surface area contributed by atoms with Crippen molar-refractivity contribution in [1.29, 1.82) is 0 Å². The van der Waals surface area contributed by atoms with Crippen LogP contribution in [0.25, 0.3) is 0 Å². The van der Waals surface area contributed by atoms with Gasteiger partial charge < -0.3 is 5.32 Å². The average molecular weight is 145 g/mol. The van der Waals surface area contributed by atoms with Crippen LogP contribution in [0.15, 0.2) is 0 Å². The zero-order valence-electron chi connectivity index (χ0n) is 6.23. The quantitative estimate of drug-likeness (QED) is 0.613. The molecule has 1 saturated carbocycles. The van der Waals surface area contributed by atoms with Crippen molar-refractivity contribution in [2.45, 2.75) is 32.5 Å². The fourth-order valence-corrected chi connectivity index (χ4v) is 0.663. The van der Waals surface area contributed by atoms with Gasteiger partial charge in [0.1, 0.15) is 6.17 Å². The molecule has 3 heteroatoms. The molecule has 0 aromatic rings. The first-order chi connectivity index (χ1) is 4.61. The molecule has 0 aromatic carbocycles. The normalized spacial score (nSPS) is 30.4. The monoisotopic (exact) mass is 145 g/mol. The molecule has 0 spiro atoms. The Bertz CT molecular complexity index is 147. The Morgan fingerprint density at radius 1 is 1.70 bits per heavy atom. The summed E-state index contributed by atoms with van der Waals surface area (Å²) in [5.41, 5.74) is 0. The van der Waals surface area contributed by atoms with E-state index >= 15 is 0 Å². The number of hydrogen-bond donors (Lipinski definition) is 1. The van der Waals surface area contributed by atoms with Crippen LogP contribution in [0.4, 0.5) is 4.39 Å². The number of nitrogens with one attached hydrogen (secondary N) is 1. The zero-order chi connectivity index (χ0) is 7.72. The number of amides is 1. The third-order valence-electron chi connectivity index (χ3n) is 1.56. The fourth-order valence-electron chi connectivity index (χ4n) is 0.663. The Labute approximate surface area is 59.8 Å². The van der Waals surface area contributed by atoms with Gasteiger partial charge in [-0.2, -0.15) is 0 Å². The molecule has 10 heavy (non-hydrogen) atoms. The summed E-state index contributed by atoms with van der Waals surface area (Å²) >= 11 is 0. The lowest BCUT2D eigenvalue weighted by atomic mass is 10.2. The number of halogens is 1. The second-order valence-electron chi connectivity index (χ2n) is 3.02. The molecule has 0 heterocycles. The summed E-state index contributed by atoms with van der Waals surface area (Å²) in [7, 11) is 0. The minimum Gasteiger partial charge on any atom is -0.350 e. The van der Waals surface area contributed by atoms with E-state index in [0.29, 0.717) is 6.42 Å². The second kappa shape index (κ2) is 2.56. The minimum atomic E-state index is -0.789. The molecule has 1 N–H and O–H groups in total. The van der Waals surface area contributed by atoms with Crippen LogP contribution < -0.4 is 5.32 Å². The Hall–Kier alpha value is -0.600. The van der Waals surface area contributed by atoms with Gasteiger partial charge in [0.25, 0.3) is 0 Å². The topological polar surface area (TPSA) is 29.1 Å². The van der Waals surface area contributed by atoms with E-state index in [1.165, 1.54) is 0 Å². The first kappa shape index (κ1) is 7.51. The van der Waals surface area contributed by atoms with Crippen LogP contribution in [0, 0.1) is 5.92 Å². The maximum atomic E-state index is 12.2. The van der Waals surface area contributed by atoms with E-state index in [1.54, 1.807) is 13.8 Å². The second-order valence-corrected chi connectivity index (χ2v) is 3.02. The summed E-state index contributed by atoms with van der Waals surface area (Å²) in [5, 5.41) is 2.59. The van der Waals surface area contributed by atoms with Gasteiger partial charge in [-0.3, -0.25) is 4.79 Å². The summed E-state index contributed by atoms with van der Waals surface area (Å²) in [4.78, 5) is 10.9. The molecule has 2 nitrogen and oxygen atoms in total. The van der Waals surface area contributed by atoms with Crippen LogP contribution in [0.1, 0.15) is 20.3 Å². The standard InChI is InChI=1S/C7H12FNO/c1-4(2)7(10)9-6-3-5(6)8/h4-6H,3H2,1-2H3,(H,9,10)/t5-,6+/m1/s1. The first-order valence-electron chi connectivity index (χ1n) is 3.55. The molecule has 0 saturated heterocycles. The average Bonchev–Trinajstić information content (AvgIpc) is 2.46. The molecule has 0 aliphatic heterocycles. The van der Waals surface area contributed by atoms with Crippen molar-refractivity contribution in [3.8, 4) is 0 Å². The lowest BCUT2D eigenvalue weighted by Gasteiger charge is -2.04. The molecule has 1 aliphatic carbocycles. The van der Waals surface area contributed by atoms with E-state index in [9.17, 15) is 9.18 Å².